The molecule has 1 atom stereocenters. The predicted octanol–water partition coefficient (Wildman–Crippen LogP) is 1.16. The molecular weight excluding hydrogens is 320 g/mol. The first kappa shape index (κ1) is 17.9. The highest BCUT2D eigenvalue weighted by Crippen LogP contribution is 2.29. The molecule has 1 saturated heterocycles. The predicted molar refractivity (Wildman–Crippen MR) is 95.7 cm³/mol. The van der Waals surface area contributed by atoms with Gasteiger partial charge in [-0.05, 0) is 45.4 Å². The number of carbonyl (C=O) groups is 1. The van der Waals surface area contributed by atoms with Gasteiger partial charge in [-0.2, -0.15) is 0 Å². The molecule has 0 radical (unpaired) electrons. The van der Waals surface area contributed by atoms with E-state index in [2.05, 4.69) is 10.3 Å². The molecule has 3 rings (SSSR count). The molecule has 2 aliphatic rings. The van der Waals surface area contributed by atoms with E-state index in [0.717, 1.165) is 25.9 Å². The second kappa shape index (κ2) is 7.99. The molecule has 1 saturated carbocycles. The number of aryl methyl sites for hydroxylation is 1. The number of ether oxygens (including phenoxy) is 1. The molecule has 1 unspecified atom stereocenters. The fourth-order valence-corrected chi connectivity index (χ4v) is 3.10. The van der Waals surface area contributed by atoms with Gasteiger partial charge in [-0.15, -0.1) is 0 Å². The van der Waals surface area contributed by atoms with Gasteiger partial charge in [-0.1, -0.05) is 0 Å². The number of amides is 1. The van der Waals surface area contributed by atoms with Crippen LogP contribution in [0.15, 0.2) is 17.2 Å². The summed E-state index contributed by atoms with van der Waals surface area (Å²) in [6.07, 6.45) is 7.05. The molecule has 1 aliphatic heterocycles. The quantitative estimate of drug-likeness (QED) is 0.800. The van der Waals surface area contributed by atoms with Crippen LogP contribution in [-0.4, -0.2) is 47.3 Å². The molecule has 25 heavy (non-hydrogen) atoms. The zero-order valence-corrected chi connectivity index (χ0v) is 15.1. The highest BCUT2D eigenvalue weighted by molar-refractivity contribution is 5.80. The lowest BCUT2D eigenvalue weighted by Crippen LogP contribution is -2.48. The van der Waals surface area contributed by atoms with E-state index in [1.165, 1.54) is 12.8 Å². The highest BCUT2D eigenvalue weighted by Gasteiger charge is 2.27. The minimum absolute atomic E-state index is 0.0368. The average Bonchev–Trinajstić information content (AvgIpc) is 3.45. The summed E-state index contributed by atoms with van der Waals surface area (Å²) in [6.45, 7) is 6.53. The van der Waals surface area contributed by atoms with Crippen molar-refractivity contribution in [1.82, 2.24) is 14.9 Å². The lowest BCUT2D eigenvalue weighted by molar-refractivity contribution is -0.132. The summed E-state index contributed by atoms with van der Waals surface area (Å²) in [6, 6.07) is 0.132. The zero-order chi connectivity index (χ0) is 17.8. The van der Waals surface area contributed by atoms with E-state index in [0.29, 0.717) is 24.9 Å². The standard InChI is InChI=1S/C18H28N4O3/c1-3-21-11-8-19-16(18(21)24)22-9-6-15(7-10-22)20-17(23)13(2)25-12-14-4-5-14/h8,11,13-15H,3-7,9-10,12H2,1-2H3,(H,20,23). The molecule has 1 aliphatic carbocycles. The molecule has 2 fully saturated rings. The molecule has 0 spiro atoms. The van der Waals surface area contributed by atoms with Gasteiger partial charge < -0.3 is 19.5 Å². The minimum Gasteiger partial charge on any atom is -0.368 e. The third kappa shape index (κ3) is 4.60. The fraction of sp³-hybridized carbons (Fsp3) is 0.722. The summed E-state index contributed by atoms with van der Waals surface area (Å²) in [7, 11) is 0. The van der Waals surface area contributed by atoms with E-state index in [1.807, 2.05) is 18.7 Å². The van der Waals surface area contributed by atoms with Crippen molar-refractivity contribution in [2.24, 2.45) is 5.92 Å². The Bertz CT molecular complexity index is 648. The lowest BCUT2D eigenvalue weighted by atomic mass is 10.0. The van der Waals surface area contributed by atoms with Gasteiger partial charge in [0.05, 0.1) is 6.61 Å². The molecular formula is C18H28N4O3. The number of hydrogen-bond acceptors (Lipinski definition) is 5. The Labute approximate surface area is 148 Å². The number of carbonyl (C=O) groups excluding carboxylic acids is 1. The first-order chi connectivity index (χ1) is 12.1. The molecule has 7 heteroatoms. The molecule has 7 nitrogen and oxygen atoms in total. The molecule has 1 aromatic heterocycles. The summed E-state index contributed by atoms with van der Waals surface area (Å²) in [5.74, 6) is 1.13. The number of nitrogens with zero attached hydrogens (tertiary/aromatic N) is 3. The minimum atomic E-state index is -0.397. The molecule has 0 bridgehead atoms. The summed E-state index contributed by atoms with van der Waals surface area (Å²) in [5.41, 5.74) is -0.0467. The van der Waals surface area contributed by atoms with E-state index >= 15 is 0 Å². The molecule has 138 valence electrons. The second-order valence-corrected chi connectivity index (χ2v) is 7.03. The molecule has 2 heterocycles. The van der Waals surface area contributed by atoms with E-state index in [9.17, 15) is 9.59 Å². The first-order valence-corrected chi connectivity index (χ1v) is 9.30. The molecule has 1 aromatic rings. The summed E-state index contributed by atoms with van der Waals surface area (Å²) in [4.78, 5) is 30.8. The normalized spacial score (nSPS) is 19.7. The number of aromatic nitrogens is 2. The Kier molecular flexibility index (Phi) is 5.73. The number of anilines is 1. The van der Waals surface area contributed by atoms with Gasteiger partial charge in [0.25, 0.3) is 5.56 Å². The third-order valence-electron chi connectivity index (χ3n) is 5.03. The van der Waals surface area contributed by atoms with E-state index in [1.54, 1.807) is 17.0 Å². The fourth-order valence-electron chi connectivity index (χ4n) is 3.10. The van der Waals surface area contributed by atoms with E-state index in [4.69, 9.17) is 4.74 Å². The van der Waals surface area contributed by atoms with Crippen molar-refractivity contribution in [1.29, 1.82) is 0 Å². The van der Waals surface area contributed by atoms with Crippen LogP contribution in [-0.2, 0) is 16.1 Å². The maximum absolute atomic E-state index is 12.4. The van der Waals surface area contributed by atoms with Crippen LogP contribution in [0.1, 0.15) is 39.5 Å². The van der Waals surface area contributed by atoms with Crippen LogP contribution in [0, 0.1) is 5.92 Å². The monoisotopic (exact) mass is 348 g/mol. The number of rotatable bonds is 7. The Hall–Kier alpha value is -1.89. The zero-order valence-electron chi connectivity index (χ0n) is 15.1. The van der Waals surface area contributed by atoms with Crippen LogP contribution in [0.5, 0.6) is 0 Å². The molecule has 0 aromatic carbocycles. The van der Waals surface area contributed by atoms with Crippen molar-refractivity contribution in [2.45, 2.75) is 58.2 Å². The van der Waals surface area contributed by atoms with Crippen LogP contribution in [0.25, 0.3) is 0 Å². The average molecular weight is 348 g/mol. The SMILES string of the molecule is CCn1ccnc(N2CCC(NC(=O)C(C)OCC3CC3)CC2)c1=O. The van der Waals surface area contributed by atoms with Gasteiger partial charge in [-0.25, -0.2) is 4.98 Å². The largest absolute Gasteiger partial charge is 0.368 e. The van der Waals surface area contributed by atoms with Crippen molar-refractivity contribution in [3.63, 3.8) is 0 Å². The Morgan fingerprint density at radius 1 is 1.36 bits per heavy atom. The van der Waals surface area contributed by atoms with Gasteiger partial charge >= 0.3 is 0 Å². The van der Waals surface area contributed by atoms with Crippen LogP contribution >= 0.6 is 0 Å². The van der Waals surface area contributed by atoms with Gasteiger partial charge in [-0.3, -0.25) is 9.59 Å². The Balaban J connectivity index is 1.48. The van der Waals surface area contributed by atoms with Crippen molar-refractivity contribution >= 4 is 11.7 Å². The summed E-state index contributed by atoms with van der Waals surface area (Å²) in [5, 5.41) is 3.08. The highest BCUT2D eigenvalue weighted by atomic mass is 16.5. The smallest absolute Gasteiger partial charge is 0.293 e. The Morgan fingerprint density at radius 3 is 2.72 bits per heavy atom. The Morgan fingerprint density at radius 2 is 2.08 bits per heavy atom. The molecule has 1 amide bonds. The van der Waals surface area contributed by atoms with Gasteiger partial charge in [0.15, 0.2) is 5.82 Å². The second-order valence-electron chi connectivity index (χ2n) is 7.03. The number of nitrogens with one attached hydrogen (secondary N) is 1. The van der Waals surface area contributed by atoms with Crippen molar-refractivity contribution in [3.8, 4) is 0 Å². The van der Waals surface area contributed by atoms with E-state index < -0.39 is 6.10 Å². The van der Waals surface area contributed by atoms with Gasteiger partial charge in [0.1, 0.15) is 6.10 Å². The summed E-state index contributed by atoms with van der Waals surface area (Å²) < 4.78 is 7.29. The topological polar surface area (TPSA) is 76.5 Å². The lowest BCUT2D eigenvalue weighted by Gasteiger charge is -2.33. The van der Waals surface area contributed by atoms with Crippen molar-refractivity contribution in [2.75, 3.05) is 24.6 Å². The van der Waals surface area contributed by atoms with Crippen LogP contribution < -0.4 is 15.8 Å². The van der Waals surface area contributed by atoms with Crippen LogP contribution in [0.3, 0.4) is 0 Å². The maximum atomic E-state index is 12.4. The van der Waals surface area contributed by atoms with Crippen molar-refractivity contribution in [3.05, 3.63) is 22.7 Å². The third-order valence-corrected chi connectivity index (χ3v) is 5.03. The maximum Gasteiger partial charge on any atom is 0.293 e. The van der Waals surface area contributed by atoms with E-state index in [-0.39, 0.29) is 17.5 Å². The van der Waals surface area contributed by atoms with Gasteiger partial charge in [0.2, 0.25) is 5.91 Å². The number of hydrogen-bond donors (Lipinski definition) is 1. The first-order valence-electron chi connectivity index (χ1n) is 9.30. The molecule has 1 N–H and O–H groups in total. The van der Waals surface area contributed by atoms with Crippen LogP contribution in [0.2, 0.25) is 0 Å². The number of piperidine rings is 1. The van der Waals surface area contributed by atoms with Crippen LogP contribution in [0.4, 0.5) is 5.82 Å². The summed E-state index contributed by atoms with van der Waals surface area (Å²) >= 11 is 0. The van der Waals surface area contributed by atoms with Crippen molar-refractivity contribution < 1.29 is 9.53 Å². The van der Waals surface area contributed by atoms with Gasteiger partial charge in [0, 0.05) is 38.1 Å².